The molecule has 1 aliphatic heterocycles. The van der Waals surface area contributed by atoms with Gasteiger partial charge in [-0.2, -0.15) is 0 Å². The van der Waals surface area contributed by atoms with E-state index in [2.05, 4.69) is 0 Å². The third-order valence-corrected chi connectivity index (χ3v) is 7.77. The third-order valence-electron chi connectivity index (χ3n) is 6.79. The molecular formula is C32H30N2O7S. The fraction of sp³-hybridized carbons (Fsp3) is 0.219. The zero-order chi connectivity index (χ0) is 29.8. The van der Waals surface area contributed by atoms with Crippen LogP contribution in [-0.4, -0.2) is 45.6 Å². The highest BCUT2D eigenvalue weighted by molar-refractivity contribution is 7.07. The number of rotatable bonds is 9. The minimum atomic E-state index is -0.788. The summed E-state index contributed by atoms with van der Waals surface area (Å²) in [4.78, 5) is 33.0. The molecule has 42 heavy (non-hydrogen) atoms. The Morgan fingerprint density at radius 1 is 0.929 bits per heavy atom. The van der Waals surface area contributed by atoms with Crippen molar-refractivity contribution in [2.75, 3.05) is 35.0 Å². The van der Waals surface area contributed by atoms with Gasteiger partial charge in [-0.15, -0.1) is 0 Å². The average Bonchev–Trinajstić information content (AvgIpc) is 3.34. The van der Waals surface area contributed by atoms with Crippen LogP contribution < -0.4 is 33.8 Å². The normalized spacial score (nSPS) is 14.6. The number of thiazole rings is 1. The van der Waals surface area contributed by atoms with E-state index in [1.165, 1.54) is 32.7 Å². The second-order valence-electron chi connectivity index (χ2n) is 9.16. The summed E-state index contributed by atoms with van der Waals surface area (Å²) in [6.07, 6.45) is 1.75. The maximum Gasteiger partial charge on any atom is 0.338 e. The summed E-state index contributed by atoms with van der Waals surface area (Å²) < 4.78 is 29.3. The molecule has 0 unspecified atom stereocenters. The molecule has 1 aliphatic rings. The number of hydrogen-bond acceptors (Lipinski definition) is 9. The number of hydrogen-bond donors (Lipinski definition) is 0. The lowest BCUT2D eigenvalue weighted by Crippen LogP contribution is -2.40. The van der Waals surface area contributed by atoms with E-state index in [4.69, 9.17) is 28.7 Å². The topological polar surface area (TPSA) is 97.6 Å². The molecule has 0 fully saturated rings. The van der Waals surface area contributed by atoms with Crippen molar-refractivity contribution >= 4 is 29.1 Å². The van der Waals surface area contributed by atoms with E-state index in [0.29, 0.717) is 49.2 Å². The summed E-state index contributed by atoms with van der Waals surface area (Å²) in [6, 6.07) is 19.4. The molecular weight excluding hydrogens is 556 g/mol. The Labute approximate surface area is 246 Å². The Morgan fingerprint density at radius 3 is 2.17 bits per heavy atom. The Morgan fingerprint density at radius 2 is 1.60 bits per heavy atom. The van der Waals surface area contributed by atoms with Crippen molar-refractivity contribution in [2.24, 2.45) is 4.99 Å². The van der Waals surface area contributed by atoms with Crippen LogP contribution in [0.25, 0.3) is 11.8 Å². The number of methoxy groups -OCH3 is 4. The van der Waals surface area contributed by atoms with Crippen molar-refractivity contribution < 1.29 is 28.5 Å². The van der Waals surface area contributed by atoms with Crippen LogP contribution in [0.4, 0.5) is 0 Å². The second kappa shape index (κ2) is 12.4. The highest BCUT2D eigenvalue weighted by Crippen LogP contribution is 2.39. The predicted octanol–water partition coefficient (Wildman–Crippen LogP) is 3.97. The van der Waals surface area contributed by atoms with Crippen LogP contribution in [0, 0.1) is 0 Å². The molecule has 0 aliphatic carbocycles. The Bertz CT molecular complexity index is 1800. The summed E-state index contributed by atoms with van der Waals surface area (Å²) in [5, 5.41) is 0. The number of carbonyl (C=O) groups excluding carboxylic acids is 1. The lowest BCUT2D eigenvalue weighted by atomic mass is 9.93. The Kier molecular flexibility index (Phi) is 8.44. The van der Waals surface area contributed by atoms with Gasteiger partial charge in [-0.3, -0.25) is 9.36 Å². The number of carbonyl (C=O) groups is 1. The summed E-state index contributed by atoms with van der Waals surface area (Å²) in [5.74, 6) is 1.48. The van der Waals surface area contributed by atoms with Crippen LogP contribution in [0.3, 0.4) is 0 Å². The van der Waals surface area contributed by atoms with Gasteiger partial charge in [-0.1, -0.05) is 53.8 Å². The quantitative estimate of drug-likeness (QED) is 0.274. The largest absolute Gasteiger partial charge is 0.497 e. The molecule has 0 spiro atoms. The van der Waals surface area contributed by atoms with Crippen molar-refractivity contribution in [1.29, 1.82) is 0 Å². The molecule has 0 bridgehead atoms. The number of esters is 1. The molecule has 2 heterocycles. The molecule has 1 atom stereocenters. The maximum absolute atomic E-state index is 14.1. The van der Waals surface area contributed by atoms with Gasteiger partial charge in [0.1, 0.15) is 5.75 Å². The van der Waals surface area contributed by atoms with Gasteiger partial charge in [0.25, 0.3) is 5.56 Å². The Hall–Kier alpha value is -4.83. The van der Waals surface area contributed by atoms with E-state index in [0.717, 1.165) is 5.56 Å². The van der Waals surface area contributed by atoms with Crippen molar-refractivity contribution in [3.05, 3.63) is 109 Å². The van der Waals surface area contributed by atoms with Crippen LogP contribution >= 0.6 is 11.3 Å². The molecule has 0 N–H and O–H groups in total. The summed E-state index contributed by atoms with van der Waals surface area (Å²) >= 11 is 1.23. The predicted molar refractivity (Wildman–Crippen MR) is 160 cm³/mol. The van der Waals surface area contributed by atoms with Crippen LogP contribution in [-0.2, 0) is 9.53 Å². The zero-order valence-electron chi connectivity index (χ0n) is 23.9. The molecule has 0 saturated carbocycles. The first-order valence-electron chi connectivity index (χ1n) is 13.2. The zero-order valence-corrected chi connectivity index (χ0v) is 24.7. The van der Waals surface area contributed by atoms with E-state index in [1.54, 1.807) is 48.9 Å². The number of nitrogens with zero attached hydrogens (tertiary/aromatic N) is 2. The van der Waals surface area contributed by atoms with Gasteiger partial charge in [0, 0.05) is 5.56 Å². The summed E-state index contributed by atoms with van der Waals surface area (Å²) in [6.45, 7) is 1.92. The highest BCUT2D eigenvalue weighted by atomic mass is 32.1. The SMILES string of the molecule is CCOC(=O)C1=C(c2ccccc2)N=c2s/c(=C\c3cc(OC)c(OC)c(OC)c3)c(=O)n2[C@H]1c1ccc(OC)cc1. The fourth-order valence-electron chi connectivity index (χ4n) is 4.88. The summed E-state index contributed by atoms with van der Waals surface area (Å²) in [5.41, 5.74) is 2.55. The van der Waals surface area contributed by atoms with Crippen LogP contribution in [0.15, 0.2) is 82.1 Å². The van der Waals surface area contributed by atoms with Crippen molar-refractivity contribution in [3.8, 4) is 23.0 Å². The number of benzene rings is 3. The first kappa shape index (κ1) is 28.7. The molecule has 4 aromatic rings. The van der Waals surface area contributed by atoms with Crippen LogP contribution in [0.2, 0.25) is 0 Å². The molecule has 5 rings (SSSR count). The smallest absolute Gasteiger partial charge is 0.338 e. The van der Waals surface area contributed by atoms with Gasteiger partial charge in [0.2, 0.25) is 5.75 Å². The molecule has 0 amide bonds. The first-order valence-corrected chi connectivity index (χ1v) is 14.0. The molecule has 0 saturated heterocycles. The van der Waals surface area contributed by atoms with Gasteiger partial charge < -0.3 is 23.7 Å². The van der Waals surface area contributed by atoms with Gasteiger partial charge in [0.05, 0.1) is 56.9 Å². The second-order valence-corrected chi connectivity index (χ2v) is 10.2. The molecule has 3 aromatic carbocycles. The monoisotopic (exact) mass is 586 g/mol. The standard InChI is InChI=1S/C32H30N2O7S/c1-6-41-31(36)26-27(20-10-8-7-9-11-20)33-32-34(28(26)21-12-14-22(37-2)15-13-21)30(35)25(42-32)18-19-16-23(38-3)29(40-5)24(17-19)39-4/h7-18,28H,6H2,1-5H3/b25-18-/t28-/m0/s1. The first-order chi connectivity index (χ1) is 20.4. The van der Waals surface area contributed by atoms with Crippen molar-refractivity contribution in [1.82, 2.24) is 4.57 Å². The van der Waals surface area contributed by atoms with Crippen LogP contribution in [0.1, 0.15) is 29.7 Å². The number of fused-ring (bicyclic) bond motifs is 1. The maximum atomic E-state index is 14.1. The van der Waals surface area contributed by atoms with E-state index in [-0.39, 0.29) is 17.7 Å². The lowest BCUT2D eigenvalue weighted by Gasteiger charge is -2.26. The van der Waals surface area contributed by atoms with E-state index in [1.807, 2.05) is 42.5 Å². The van der Waals surface area contributed by atoms with Gasteiger partial charge in [0.15, 0.2) is 16.3 Å². The average molecular weight is 587 g/mol. The molecule has 216 valence electrons. The van der Waals surface area contributed by atoms with E-state index in [9.17, 15) is 9.59 Å². The van der Waals surface area contributed by atoms with Gasteiger partial charge in [-0.05, 0) is 48.4 Å². The van der Waals surface area contributed by atoms with Gasteiger partial charge in [-0.25, -0.2) is 9.79 Å². The highest BCUT2D eigenvalue weighted by Gasteiger charge is 2.35. The molecule has 1 aromatic heterocycles. The number of ether oxygens (including phenoxy) is 5. The minimum Gasteiger partial charge on any atom is -0.497 e. The Balaban J connectivity index is 1.80. The molecule has 10 heteroatoms. The molecule has 9 nitrogen and oxygen atoms in total. The van der Waals surface area contributed by atoms with Crippen molar-refractivity contribution in [2.45, 2.75) is 13.0 Å². The third kappa shape index (κ3) is 5.28. The van der Waals surface area contributed by atoms with Gasteiger partial charge >= 0.3 is 5.97 Å². The van der Waals surface area contributed by atoms with Crippen molar-refractivity contribution in [3.63, 3.8) is 0 Å². The fourth-order valence-corrected chi connectivity index (χ4v) is 5.88. The summed E-state index contributed by atoms with van der Waals surface area (Å²) in [7, 11) is 6.18. The van der Waals surface area contributed by atoms with E-state index < -0.39 is 12.0 Å². The lowest BCUT2D eigenvalue weighted by molar-refractivity contribution is -0.138. The number of aromatic nitrogens is 1. The van der Waals surface area contributed by atoms with Crippen LogP contribution in [0.5, 0.6) is 23.0 Å². The minimum absolute atomic E-state index is 0.172. The van der Waals surface area contributed by atoms with E-state index >= 15 is 0 Å². The molecule has 0 radical (unpaired) electrons.